The van der Waals surface area contributed by atoms with E-state index in [-0.39, 0.29) is 5.92 Å². The number of anilines is 1. The highest BCUT2D eigenvalue weighted by molar-refractivity contribution is 6.30. The summed E-state index contributed by atoms with van der Waals surface area (Å²) in [7, 11) is 1.87. The number of hydrogen-bond donors (Lipinski definition) is 2. The average molecular weight is 343 g/mol. The summed E-state index contributed by atoms with van der Waals surface area (Å²) in [6.45, 7) is 9.92. The van der Waals surface area contributed by atoms with Crippen LogP contribution in [-0.2, 0) is 7.05 Å². The van der Waals surface area contributed by atoms with Crippen molar-refractivity contribution >= 4 is 23.1 Å². The second-order valence-corrected chi connectivity index (χ2v) is 6.37. The number of benzene rings is 1. The Kier molecular flexibility index (Phi) is 5.62. The first-order valence-electron chi connectivity index (χ1n) is 7.77. The molecule has 24 heavy (non-hydrogen) atoms. The Morgan fingerprint density at radius 3 is 2.33 bits per heavy atom. The molecule has 0 aliphatic heterocycles. The molecule has 5 heteroatoms. The van der Waals surface area contributed by atoms with Crippen LogP contribution in [0.5, 0.6) is 0 Å². The minimum absolute atomic E-state index is 0.0344. The largest absolute Gasteiger partial charge is 0.340 e. The molecule has 0 radical (unpaired) electrons. The summed E-state index contributed by atoms with van der Waals surface area (Å²) in [6, 6.07) is 9.64. The van der Waals surface area contributed by atoms with Gasteiger partial charge in [-0.1, -0.05) is 37.2 Å². The van der Waals surface area contributed by atoms with Crippen LogP contribution < -0.4 is 5.32 Å². The van der Waals surface area contributed by atoms with Crippen molar-refractivity contribution < 1.29 is 0 Å². The predicted octanol–water partition coefficient (Wildman–Crippen LogP) is 5.16. The molecule has 0 amide bonds. The Labute approximate surface area is 148 Å². The Balaban J connectivity index is 2.52. The highest BCUT2D eigenvalue weighted by Gasteiger charge is 2.19. The minimum atomic E-state index is 0.0344. The molecule has 0 fully saturated rings. The second-order valence-electron chi connectivity index (χ2n) is 5.93. The number of nitrogens with one attached hydrogen (secondary N) is 2. The van der Waals surface area contributed by atoms with Gasteiger partial charge in [-0.3, -0.25) is 4.68 Å². The lowest BCUT2D eigenvalue weighted by Crippen LogP contribution is -2.16. The Hall–Kier alpha value is -2.33. The fourth-order valence-corrected chi connectivity index (χ4v) is 2.80. The van der Waals surface area contributed by atoms with Crippen LogP contribution in [0.15, 0.2) is 60.0 Å². The number of aryl methyl sites for hydroxylation is 1. The van der Waals surface area contributed by atoms with Crippen molar-refractivity contribution in [2.24, 2.45) is 7.05 Å². The van der Waals surface area contributed by atoms with Crippen LogP contribution in [0.25, 0.3) is 0 Å². The average Bonchev–Trinajstić information content (AvgIpc) is 2.91. The van der Waals surface area contributed by atoms with Crippen molar-refractivity contribution in [2.45, 2.75) is 26.7 Å². The van der Waals surface area contributed by atoms with Crippen LogP contribution in [-0.4, -0.2) is 15.5 Å². The Morgan fingerprint density at radius 1 is 1.25 bits per heavy atom. The van der Waals surface area contributed by atoms with Crippen LogP contribution >= 0.6 is 11.6 Å². The summed E-state index contributed by atoms with van der Waals surface area (Å²) in [4.78, 5) is 0. The summed E-state index contributed by atoms with van der Waals surface area (Å²) in [6.07, 6.45) is 1.73. The van der Waals surface area contributed by atoms with Gasteiger partial charge in [-0.15, -0.1) is 0 Å². The zero-order chi connectivity index (χ0) is 17.9. The zero-order valence-corrected chi connectivity index (χ0v) is 15.3. The molecule has 1 aromatic heterocycles. The maximum atomic E-state index is 8.29. The fourth-order valence-electron chi connectivity index (χ4n) is 2.68. The molecular weight excluding hydrogens is 320 g/mol. The molecule has 0 aliphatic carbocycles. The maximum absolute atomic E-state index is 8.29. The Bertz CT molecular complexity index is 784. The SMILES string of the molecule is C=C(C)/C(Nc1ccnn1C)=C(/C(C)=N)C(C)c1ccc(Cl)cc1. The molecule has 1 unspecified atom stereocenters. The van der Waals surface area contributed by atoms with Crippen molar-refractivity contribution in [3.05, 3.63) is 70.5 Å². The smallest absolute Gasteiger partial charge is 0.128 e. The molecule has 2 N–H and O–H groups in total. The van der Waals surface area contributed by atoms with Gasteiger partial charge < -0.3 is 10.7 Å². The molecule has 0 spiro atoms. The third-order valence-electron chi connectivity index (χ3n) is 3.98. The number of nitrogens with zero attached hydrogens (tertiary/aromatic N) is 2. The summed E-state index contributed by atoms with van der Waals surface area (Å²) < 4.78 is 1.76. The molecule has 2 rings (SSSR count). The first-order valence-corrected chi connectivity index (χ1v) is 8.15. The summed E-state index contributed by atoms with van der Waals surface area (Å²) in [5.74, 6) is 0.891. The van der Waals surface area contributed by atoms with Crippen LogP contribution in [0, 0.1) is 5.41 Å². The van der Waals surface area contributed by atoms with E-state index in [4.69, 9.17) is 17.0 Å². The lowest BCUT2D eigenvalue weighted by Gasteiger charge is -2.22. The van der Waals surface area contributed by atoms with E-state index in [1.54, 1.807) is 17.8 Å². The van der Waals surface area contributed by atoms with Crippen molar-refractivity contribution in [3.63, 3.8) is 0 Å². The molecular formula is C19H23ClN4. The van der Waals surface area contributed by atoms with E-state index in [1.165, 1.54) is 0 Å². The van der Waals surface area contributed by atoms with E-state index in [0.717, 1.165) is 28.2 Å². The topological polar surface area (TPSA) is 53.7 Å². The van der Waals surface area contributed by atoms with Crippen molar-refractivity contribution in [1.82, 2.24) is 9.78 Å². The lowest BCUT2D eigenvalue weighted by atomic mass is 9.87. The van der Waals surface area contributed by atoms with Gasteiger partial charge in [0.1, 0.15) is 5.82 Å². The van der Waals surface area contributed by atoms with E-state index >= 15 is 0 Å². The maximum Gasteiger partial charge on any atom is 0.128 e. The van der Waals surface area contributed by atoms with E-state index in [2.05, 4.69) is 23.9 Å². The molecule has 0 bridgehead atoms. The van der Waals surface area contributed by atoms with Crippen molar-refractivity contribution in [3.8, 4) is 0 Å². The number of halogens is 1. The Morgan fingerprint density at radius 2 is 1.88 bits per heavy atom. The monoisotopic (exact) mass is 342 g/mol. The molecule has 126 valence electrons. The van der Waals surface area contributed by atoms with E-state index < -0.39 is 0 Å². The predicted molar refractivity (Wildman–Crippen MR) is 102 cm³/mol. The molecule has 0 saturated carbocycles. The van der Waals surface area contributed by atoms with Gasteiger partial charge in [-0.2, -0.15) is 5.10 Å². The standard InChI is InChI=1S/C19H23ClN4/c1-12(2)19(23-17-10-11-22-24(17)5)18(14(4)21)13(3)15-6-8-16(20)9-7-15/h6-11,13,21,23H,1H2,2-5H3/b19-18-,21-14?. The molecule has 1 atom stereocenters. The van der Waals surface area contributed by atoms with E-state index in [0.29, 0.717) is 10.7 Å². The third-order valence-corrected chi connectivity index (χ3v) is 4.23. The highest BCUT2D eigenvalue weighted by Crippen LogP contribution is 2.31. The number of aromatic nitrogens is 2. The number of hydrogen-bond acceptors (Lipinski definition) is 3. The third kappa shape index (κ3) is 3.95. The fraction of sp³-hybridized carbons (Fsp3) is 0.263. The number of allylic oxidation sites excluding steroid dienone is 2. The normalized spacial score (nSPS) is 13.2. The lowest BCUT2D eigenvalue weighted by molar-refractivity contribution is 0.774. The minimum Gasteiger partial charge on any atom is -0.340 e. The summed E-state index contributed by atoms with van der Waals surface area (Å²) in [5, 5.41) is 16.6. The molecule has 0 saturated heterocycles. The first kappa shape index (κ1) is 18.0. The van der Waals surface area contributed by atoms with Crippen molar-refractivity contribution in [1.29, 1.82) is 5.41 Å². The molecule has 0 aliphatic rings. The second kappa shape index (κ2) is 7.49. The van der Waals surface area contributed by atoms with Gasteiger partial charge in [-0.25, -0.2) is 0 Å². The van der Waals surface area contributed by atoms with Gasteiger partial charge in [0.25, 0.3) is 0 Å². The van der Waals surface area contributed by atoms with Crippen molar-refractivity contribution in [2.75, 3.05) is 5.32 Å². The van der Waals surface area contributed by atoms with E-state index in [9.17, 15) is 0 Å². The van der Waals surface area contributed by atoms with Gasteiger partial charge in [0.15, 0.2) is 0 Å². The van der Waals surface area contributed by atoms with Gasteiger partial charge in [0.05, 0.1) is 6.20 Å². The van der Waals surface area contributed by atoms with Crippen LogP contribution in [0.1, 0.15) is 32.3 Å². The summed E-state index contributed by atoms with van der Waals surface area (Å²) in [5.41, 5.74) is 4.25. The van der Waals surface area contributed by atoms with Gasteiger partial charge in [-0.05, 0) is 37.1 Å². The molecule has 1 heterocycles. The first-order chi connectivity index (χ1) is 11.3. The molecule has 1 aromatic carbocycles. The molecule has 2 aromatic rings. The van der Waals surface area contributed by atoms with Crippen LogP contribution in [0.4, 0.5) is 5.82 Å². The van der Waals surface area contributed by atoms with Gasteiger partial charge in [0, 0.05) is 41.0 Å². The van der Waals surface area contributed by atoms with Gasteiger partial charge >= 0.3 is 0 Å². The highest BCUT2D eigenvalue weighted by atomic mass is 35.5. The zero-order valence-electron chi connectivity index (χ0n) is 14.5. The summed E-state index contributed by atoms with van der Waals surface area (Å²) >= 11 is 5.99. The molecule has 4 nitrogen and oxygen atoms in total. The van der Waals surface area contributed by atoms with Gasteiger partial charge in [0.2, 0.25) is 0 Å². The van der Waals surface area contributed by atoms with Crippen LogP contribution in [0.2, 0.25) is 5.02 Å². The van der Waals surface area contributed by atoms with Crippen LogP contribution in [0.3, 0.4) is 0 Å². The van der Waals surface area contributed by atoms with E-state index in [1.807, 2.05) is 44.3 Å². The number of rotatable bonds is 6. The quantitative estimate of drug-likeness (QED) is 0.562.